The van der Waals surface area contributed by atoms with Crippen molar-refractivity contribution in [3.8, 4) is 0 Å². The molecule has 3 unspecified atom stereocenters. The molecule has 0 aromatic heterocycles. The summed E-state index contributed by atoms with van der Waals surface area (Å²) >= 11 is 0. The summed E-state index contributed by atoms with van der Waals surface area (Å²) < 4.78 is 22.0. The van der Waals surface area contributed by atoms with Gasteiger partial charge in [-0.3, -0.25) is 13.8 Å². The van der Waals surface area contributed by atoms with Gasteiger partial charge in [-0.05, 0) is 38.5 Å². The van der Waals surface area contributed by atoms with Gasteiger partial charge < -0.3 is 21.1 Å². The SMILES string of the molecule is CC/C=C\C/C=C\C/C=C\C/C=C\C/C=C\CC(=O)NC(COP(=O)(O)OCCN)C(O)CCCCCCCCCCCCCC. The number of rotatable bonds is 32. The first-order valence-corrected chi connectivity index (χ1v) is 19.4. The van der Waals surface area contributed by atoms with Crippen molar-refractivity contribution in [2.45, 2.75) is 148 Å². The van der Waals surface area contributed by atoms with Crippen LogP contribution in [0.25, 0.3) is 0 Å². The van der Waals surface area contributed by atoms with Gasteiger partial charge in [-0.1, -0.05) is 152 Å². The van der Waals surface area contributed by atoms with E-state index in [2.05, 4.69) is 67.8 Å². The van der Waals surface area contributed by atoms with Crippen LogP contribution in [0.2, 0.25) is 0 Å². The van der Waals surface area contributed by atoms with Crippen LogP contribution in [0, 0.1) is 0 Å². The van der Waals surface area contributed by atoms with Gasteiger partial charge >= 0.3 is 7.82 Å². The lowest BCUT2D eigenvalue weighted by atomic mass is 10.0. The maximum absolute atomic E-state index is 12.6. The average molecular weight is 667 g/mol. The quantitative estimate of drug-likeness (QED) is 0.0320. The zero-order valence-electron chi connectivity index (χ0n) is 29.0. The minimum absolute atomic E-state index is 0.0723. The predicted octanol–water partition coefficient (Wildman–Crippen LogP) is 9.16. The van der Waals surface area contributed by atoms with E-state index < -0.39 is 20.0 Å². The van der Waals surface area contributed by atoms with E-state index >= 15 is 0 Å². The number of phosphoric ester groups is 1. The second-order valence-corrected chi connectivity index (χ2v) is 13.2. The van der Waals surface area contributed by atoms with Gasteiger partial charge in [-0.25, -0.2) is 4.57 Å². The number of nitrogens with one attached hydrogen (secondary N) is 1. The van der Waals surface area contributed by atoms with Gasteiger partial charge in [0.15, 0.2) is 0 Å². The lowest BCUT2D eigenvalue weighted by molar-refractivity contribution is -0.122. The monoisotopic (exact) mass is 666 g/mol. The molecule has 0 saturated heterocycles. The van der Waals surface area contributed by atoms with Crippen LogP contribution in [0.3, 0.4) is 0 Å². The van der Waals surface area contributed by atoms with E-state index in [1.54, 1.807) is 6.08 Å². The normalized spacial score (nSPS) is 15.2. The summed E-state index contributed by atoms with van der Waals surface area (Å²) in [4.78, 5) is 22.5. The highest BCUT2D eigenvalue weighted by molar-refractivity contribution is 7.47. The molecule has 0 rings (SSSR count). The molecule has 0 aliphatic rings. The number of unbranched alkanes of at least 4 members (excludes halogenated alkanes) is 11. The number of hydrogen-bond donors (Lipinski definition) is 4. The highest BCUT2D eigenvalue weighted by Gasteiger charge is 2.27. The number of carbonyl (C=O) groups is 1. The Hall–Kier alpha value is -1.80. The zero-order valence-corrected chi connectivity index (χ0v) is 29.9. The van der Waals surface area contributed by atoms with E-state index in [1.165, 1.54) is 57.8 Å². The van der Waals surface area contributed by atoms with Crippen LogP contribution < -0.4 is 11.1 Å². The van der Waals surface area contributed by atoms with Crippen molar-refractivity contribution in [3.63, 3.8) is 0 Å². The van der Waals surface area contributed by atoms with Crippen LogP contribution >= 0.6 is 7.82 Å². The van der Waals surface area contributed by atoms with E-state index in [1.807, 2.05) is 6.08 Å². The number of hydrogen-bond acceptors (Lipinski definition) is 6. The molecule has 0 saturated carbocycles. The summed E-state index contributed by atoms with van der Waals surface area (Å²) in [5, 5.41) is 13.6. The molecule has 5 N–H and O–H groups in total. The largest absolute Gasteiger partial charge is 0.472 e. The number of nitrogens with two attached hydrogens (primary N) is 1. The Balaban J connectivity index is 4.47. The van der Waals surface area contributed by atoms with Gasteiger partial charge in [0.1, 0.15) is 0 Å². The highest BCUT2D eigenvalue weighted by atomic mass is 31.2. The van der Waals surface area contributed by atoms with Crippen LogP contribution in [-0.2, 0) is 18.4 Å². The van der Waals surface area contributed by atoms with Gasteiger partial charge in [0.05, 0.1) is 25.4 Å². The smallest absolute Gasteiger partial charge is 0.391 e. The molecule has 3 atom stereocenters. The second-order valence-electron chi connectivity index (χ2n) is 11.7. The molecule has 0 fully saturated rings. The number of carbonyl (C=O) groups excluding carboxylic acids is 1. The molecular formula is C37H67N2O6P. The molecule has 0 aliphatic heterocycles. The fourth-order valence-corrected chi connectivity index (χ4v) is 5.49. The molecule has 0 bridgehead atoms. The number of amides is 1. The van der Waals surface area contributed by atoms with Crippen LogP contribution in [0.1, 0.15) is 136 Å². The van der Waals surface area contributed by atoms with Crippen molar-refractivity contribution in [1.29, 1.82) is 0 Å². The van der Waals surface area contributed by atoms with E-state index in [-0.39, 0.29) is 32.1 Å². The van der Waals surface area contributed by atoms with Crippen LogP contribution in [0.4, 0.5) is 0 Å². The molecule has 1 amide bonds. The molecule has 9 heteroatoms. The number of aliphatic hydroxyl groups excluding tert-OH is 1. The molecule has 0 radical (unpaired) electrons. The number of aliphatic hydroxyl groups is 1. The van der Waals surface area contributed by atoms with Crippen molar-refractivity contribution >= 4 is 13.7 Å². The predicted molar refractivity (Wildman–Crippen MR) is 193 cm³/mol. The Morgan fingerprint density at radius 1 is 0.717 bits per heavy atom. The summed E-state index contributed by atoms with van der Waals surface area (Å²) in [5.41, 5.74) is 5.34. The van der Waals surface area contributed by atoms with Gasteiger partial charge in [0, 0.05) is 13.0 Å². The van der Waals surface area contributed by atoms with Crippen molar-refractivity contribution < 1.29 is 28.4 Å². The van der Waals surface area contributed by atoms with E-state index in [0.29, 0.717) is 12.8 Å². The maximum atomic E-state index is 12.6. The number of allylic oxidation sites excluding steroid dienone is 9. The Morgan fingerprint density at radius 3 is 1.65 bits per heavy atom. The van der Waals surface area contributed by atoms with Crippen molar-refractivity contribution in [3.05, 3.63) is 60.8 Å². The Morgan fingerprint density at radius 2 is 1.17 bits per heavy atom. The molecule has 46 heavy (non-hydrogen) atoms. The maximum Gasteiger partial charge on any atom is 0.472 e. The Bertz CT molecular complexity index is 902. The first-order chi connectivity index (χ1) is 22.4. The number of phosphoric acid groups is 1. The third kappa shape index (κ3) is 30.8. The Labute approximate surface area is 281 Å². The third-order valence-electron chi connectivity index (χ3n) is 7.41. The summed E-state index contributed by atoms with van der Waals surface area (Å²) in [5.74, 6) is -0.292. The average Bonchev–Trinajstić information content (AvgIpc) is 3.04. The molecule has 266 valence electrons. The van der Waals surface area contributed by atoms with Crippen molar-refractivity contribution in [1.82, 2.24) is 5.32 Å². The fraction of sp³-hybridized carbons (Fsp3) is 0.703. The van der Waals surface area contributed by atoms with E-state index in [4.69, 9.17) is 14.8 Å². The molecule has 0 aromatic rings. The molecule has 0 aliphatic carbocycles. The van der Waals surface area contributed by atoms with Crippen LogP contribution in [0.5, 0.6) is 0 Å². The highest BCUT2D eigenvalue weighted by Crippen LogP contribution is 2.43. The minimum Gasteiger partial charge on any atom is -0.391 e. The van der Waals surface area contributed by atoms with Crippen LogP contribution in [0.15, 0.2) is 60.8 Å². The summed E-state index contributed by atoms with van der Waals surface area (Å²) in [6.45, 7) is 3.98. The van der Waals surface area contributed by atoms with Crippen molar-refractivity contribution in [2.24, 2.45) is 5.73 Å². The van der Waals surface area contributed by atoms with E-state index in [0.717, 1.165) is 44.9 Å². The minimum atomic E-state index is -4.33. The second kappa shape index (κ2) is 33.1. The van der Waals surface area contributed by atoms with Gasteiger partial charge in [-0.15, -0.1) is 0 Å². The fourth-order valence-electron chi connectivity index (χ4n) is 4.73. The van der Waals surface area contributed by atoms with Gasteiger partial charge in [0.25, 0.3) is 0 Å². The summed E-state index contributed by atoms with van der Waals surface area (Å²) in [7, 11) is -4.33. The molecule has 0 spiro atoms. The standard InChI is InChI=1S/C37H67N2O6P/c1-3-5-7-9-11-13-15-17-18-19-21-23-25-27-29-31-37(41)39-35(34-45-46(42,43)44-33-32-38)36(40)30-28-26-24-22-20-16-14-12-10-8-6-4-2/h5,7,11,13,17-18,21,23,27,29,35-36,40H,3-4,6,8-10,12,14-16,19-20,22,24-26,28,30-34,38H2,1-2H3,(H,39,41)(H,42,43)/b7-5-,13-11-,18-17-,23-21-,29-27-. The summed E-state index contributed by atoms with van der Waals surface area (Å²) in [6, 6.07) is -0.829. The molecule has 0 heterocycles. The molecule has 8 nitrogen and oxygen atoms in total. The molecule has 0 aromatic carbocycles. The topological polar surface area (TPSA) is 131 Å². The molecular weight excluding hydrogens is 599 g/mol. The van der Waals surface area contributed by atoms with Gasteiger partial charge in [-0.2, -0.15) is 0 Å². The van der Waals surface area contributed by atoms with Gasteiger partial charge in [0.2, 0.25) is 5.91 Å². The zero-order chi connectivity index (χ0) is 34.0. The summed E-state index contributed by atoms with van der Waals surface area (Å²) in [6.07, 6.45) is 39.7. The van der Waals surface area contributed by atoms with Crippen LogP contribution in [-0.4, -0.2) is 47.8 Å². The Kier molecular flexibility index (Phi) is 31.8. The first kappa shape index (κ1) is 44.2. The first-order valence-electron chi connectivity index (χ1n) is 17.9. The lowest BCUT2D eigenvalue weighted by Gasteiger charge is -2.25. The van der Waals surface area contributed by atoms with Crippen molar-refractivity contribution in [2.75, 3.05) is 19.8 Å². The third-order valence-corrected chi connectivity index (χ3v) is 8.40. The van der Waals surface area contributed by atoms with E-state index in [9.17, 15) is 19.4 Å². The lowest BCUT2D eigenvalue weighted by Crippen LogP contribution is -2.46.